The van der Waals surface area contributed by atoms with Gasteiger partial charge >= 0.3 is 0 Å². The van der Waals surface area contributed by atoms with Gasteiger partial charge in [-0.25, -0.2) is 4.98 Å². The van der Waals surface area contributed by atoms with Crippen LogP contribution in [0.3, 0.4) is 0 Å². The highest BCUT2D eigenvalue weighted by Gasteiger charge is 2.00. The third kappa shape index (κ3) is 2.28. The fraction of sp³-hybridized carbons (Fsp3) is 0.333. The van der Waals surface area contributed by atoms with Crippen LogP contribution in [0.15, 0.2) is 5.38 Å². The molecule has 0 aliphatic rings. The minimum atomic E-state index is 0.142. The van der Waals surface area contributed by atoms with Gasteiger partial charge in [0.2, 0.25) is 0 Å². The van der Waals surface area contributed by atoms with Gasteiger partial charge in [-0.3, -0.25) is 5.41 Å². The maximum Gasteiger partial charge on any atom is 0.100 e. The molecule has 0 spiro atoms. The van der Waals surface area contributed by atoms with E-state index in [0.29, 0.717) is 13.0 Å². The second-order valence-corrected chi connectivity index (χ2v) is 3.08. The first-order valence-electron chi connectivity index (χ1n) is 3.18. The Labute approximate surface area is 68.8 Å². The molecule has 0 saturated carbocycles. The van der Waals surface area contributed by atoms with Crippen molar-refractivity contribution in [3.05, 3.63) is 16.1 Å². The Balaban J connectivity index is 2.65. The number of hydrogen-bond donors (Lipinski definition) is 3. The van der Waals surface area contributed by atoms with Crippen molar-refractivity contribution >= 4 is 17.2 Å². The number of hydrogen-bond acceptors (Lipinski definition) is 4. The van der Waals surface area contributed by atoms with E-state index in [9.17, 15) is 0 Å². The molecule has 4 nitrogen and oxygen atoms in total. The van der Waals surface area contributed by atoms with E-state index in [4.69, 9.17) is 16.9 Å². The molecule has 0 aliphatic carbocycles. The molecule has 0 radical (unpaired) electrons. The largest absolute Gasteiger partial charge is 0.387 e. The molecular weight excluding hydrogens is 160 g/mol. The minimum absolute atomic E-state index is 0.142. The van der Waals surface area contributed by atoms with Crippen LogP contribution in [-0.2, 0) is 13.0 Å². The van der Waals surface area contributed by atoms with E-state index in [2.05, 4.69) is 4.98 Å². The summed E-state index contributed by atoms with van der Waals surface area (Å²) in [7, 11) is 0. The molecule has 60 valence electrons. The number of aromatic nitrogens is 1. The third-order valence-corrected chi connectivity index (χ3v) is 2.05. The lowest BCUT2D eigenvalue weighted by atomic mass is 10.4. The SMILES string of the molecule is N=C(N)Cc1nc(CN)cs1. The Morgan fingerprint density at radius 1 is 1.73 bits per heavy atom. The normalized spacial score (nSPS) is 9.91. The van der Waals surface area contributed by atoms with Crippen molar-refractivity contribution in [2.75, 3.05) is 0 Å². The van der Waals surface area contributed by atoms with E-state index < -0.39 is 0 Å². The number of nitrogens with two attached hydrogens (primary N) is 2. The molecule has 0 saturated heterocycles. The molecule has 5 heteroatoms. The zero-order chi connectivity index (χ0) is 8.27. The number of thiazole rings is 1. The van der Waals surface area contributed by atoms with Crippen LogP contribution in [0, 0.1) is 5.41 Å². The zero-order valence-electron chi connectivity index (χ0n) is 6.00. The van der Waals surface area contributed by atoms with Crippen molar-refractivity contribution < 1.29 is 0 Å². The molecule has 0 unspecified atom stereocenters. The summed E-state index contributed by atoms with van der Waals surface area (Å²) in [4.78, 5) is 4.14. The Morgan fingerprint density at radius 2 is 2.45 bits per heavy atom. The summed E-state index contributed by atoms with van der Waals surface area (Å²) in [6, 6.07) is 0. The molecule has 1 aromatic rings. The number of nitrogens with one attached hydrogen (secondary N) is 1. The van der Waals surface area contributed by atoms with E-state index in [0.717, 1.165) is 10.7 Å². The van der Waals surface area contributed by atoms with E-state index in [-0.39, 0.29) is 5.84 Å². The lowest BCUT2D eigenvalue weighted by molar-refractivity contribution is 0.990. The Bertz CT molecular complexity index is 255. The first kappa shape index (κ1) is 8.16. The van der Waals surface area contributed by atoms with Crippen LogP contribution in [0.5, 0.6) is 0 Å². The summed E-state index contributed by atoms with van der Waals surface area (Å²) in [5.74, 6) is 0.142. The van der Waals surface area contributed by atoms with Gasteiger partial charge in [-0.05, 0) is 0 Å². The molecular formula is C6H10N4S. The molecule has 1 rings (SSSR count). The number of rotatable bonds is 3. The predicted molar refractivity (Wildman–Crippen MR) is 45.6 cm³/mol. The van der Waals surface area contributed by atoms with Crippen molar-refractivity contribution in [3.8, 4) is 0 Å². The smallest absolute Gasteiger partial charge is 0.100 e. The summed E-state index contributed by atoms with van der Waals surface area (Å²) in [5, 5.41) is 9.76. The molecule has 0 aromatic carbocycles. The molecule has 0 atom stereocenters. The summed E-state index contributed by atoms with van der Waals surface area (Å²) >= 11 is 1.49. The molecule has 11 heavy (non-hydrogen) atoms. The van der Waals surface area contributed by atoms with E-state index in [1.54, 1.807) is 0 Å². The zero-order valence-corrected chi connectivity index (χ0v) is 6.82. The van der Waals surface area contributed by atoms with Gasteiger partial charge < -0.3 is 11.5 Å². The van der Waals surface area contributed by atoms with Crippen LogP contribution in [0.4, 0.5) is 0 Å². The van der Waals surface area contributed by atoms with Crippen molar-refractivity contribution in [1.82, 2.24) is 4.98 Å². The monoisotopic (exact) mass is 170 g/mol. The average Bonchev–Trinajstić information content (AvgIpc) is 2.34. The van der Waals surface area contributed by atoms with Crippen molar-refractivity contribution in [3.63, 3.8) is 0 Å². The summed E-state index contributed by atoms with van der Waals surface area (Å²) < 4.78 is 0. The molecule has 1 aromatic heterocycles. The van der Waals surface area contributed by atoms with Crippen LogP contribution in [-0.4, -0.2) is 10.8 Å². The van der Waals surface area contributed by atoms with Crippen molar-refractivity contribution in [2.45, 2.75) is 13.0 Å². The molecule has 0 aliphatic heterocycles. The second-order valence-electron chi connectivity index (χ2n) is 2.14. The van der Waals surface area contributed by atoms with Crippen LogP contribution in [0.2, 0.25) is 0 Å². The maximum atomic E-state index is 7.01. The highest BCUT2D eigenvalue weighted by Crippen LogP contribution is 2.09. The van der Waals surface area contributed by atoms with Crippen molar-refractivity contribution in [1.29, 1.82) is 5.41 Å². The van der Waals surface area contributed by atoms with Gasteiger partial charge in [0, 0.05) is 11.9 Å². The van der Waals surface area contributed by atoms with Gasteiger partial charge in [0.05, 0.1) is 18.0 Å². The van der Waals surface area contributed by atoms with Gasteiger partial charge in [-0.2, -0.15) is 0 Å². The van der Waals surface area contributed by atoms with Crippen LogP contribution < -0.4 is 11.5 Å². The summed E-state index contributed by atoms with van der Waals surface area (Å²) in [6.07, 6.45) is 0.435. The highest BCUT2D eigenvalue weighted by molar-refractivity contribution is 7.09. The first-order valence-corrected chi connectivity index (χ1v) is 4.06. The fourth-order valence-electron chi connectivity index (χ4n) is 0.687. The third-order valence-electron chi connectivity index (χ3n) is 1.15. The van der Waals surface area contributed by atoms with Gasteiger partial charge in [0.15, 0.2) is 0 Å². The first-order chi connectivity index (χ1) is 5.22. The maximum absolute atomic E-state index is 7.01. The molecule has 0 fully saturated rings. The number of amidine groups is 1. The number of nitrogens with zero attached hydrogens (tertiary/aromatic N) is 1. The average molecular weight is 170 g/mol. The Kier molecular flexibility index (Phi) is 2.56. The van der Waals surface area contributed by atoms with Gasteiger partial charge in [-0.1, -0.05) is 0 Å². The summed E-state index contributed by atoms with van der Waals surface area (Å²) in [6.45, 7) is 0.453. The van der Waals surface area contributed by atoms with E-state index in [1.165, 1.54) is 11.3 Å². The fourth-order valence-corrected chi connectivity index (χ4v) is 1.52. The topological polar surface area (TPSA) is 88.8 Å². The van der Waals surface area contributed by atoms with E-state index >= 15 is 0 Å². The molecule has 5 N–H and O–H groups in total. The Morgan fingerprint density at radius 3 is 2.91 bits per heavy atom. The van der Waals surface area contributed by atoms with Crippen LogP contribution in [0.25, 0.3) is 0 Å². The molecule has 1 heterocycles. The second kappa shape index (κ2) is 3.45. The lowest BCUT2D eigenvalue weighted by Crippen LogP contribution is -2.12. The van der Waals surface area contributed by atoms with Gasteiger partial charge in [-0.15, -0.1) is 11.3 Å². The summed E-state index contributed by atoms with van der Waals surface area (Å²) in [5.41, 5.74) is 11.4. The standard InChI is InChI=1S/C6H10N4S/c7-2-4-3-11-6(10-4)1-5(8)9/h3H,1-2,7H2,(H3,8,9). The Hall–Kier alpha value is -0.940. The predicted octanol–water partition coefficient (Wildman–Crippen LogP) is 0.0803. The van der Waals surface area contributed by atoms with Gasteiger partial charge in [0.1, 0.15) is 5.01 Å². The van der Waals surface area contributed by atoms with Crippen LogP contribution in [0.1, 0.15) is 10.7 Å². The minimum Gasteiger partial charge on any atom is -0.387 e. The van der Waals surface area contributed by atoms with Crippen molar-refractivity contribution in [2.24, 2.45) is 11.5 Å². The molecule has 0 amide bonds. The highest BCUT2D eigenvalue weighted by atomic mass is 32.1. The molecule has 0 bridgehead atoms. The quantitative estimate of drug-likeness (QED) is 0.443. The van der Waals surface area contributed by atoms with Gasteiger partial charge in [0.25, 0.3) is 0 Å². The van der Waals surface area contributed by atoms with E-state index in [1.807, 2.05) is 5.38 Å². The lowest BCUT2D eigenvalue weighted by Gasteiger charge is -1.90. The van der Waals surface area contributed by atoms with Crippen LogP contribution >= 0.6 is 11.3 Å².